The van der Waals surface area contributed by atoms with Gasteiger partial charge >= 0.3 is 0 Å². The second-order valence-corrected chi connectivity index (χ2v) is 4.50. The Labute approximate surface area is 111 Å². The minimum absolute atomic E-state index is 0.299. The summed E-state index contributed by atoms with van der Waals surface area (Å²) in [4.78, 5) is 4.23. The molecule has 0 fully saturated rings. The Morgan fingerprint density at radius 1 is 1.28 bits per heavy atom. The van der Waals surface area contributed by atoms with Crippen LogP contribution < -0.4 is 5.32 Å². The molecule has 0 aliphatic heterocycles. The van der Waals surface area contributed by atoms with E-state index in [1.165, 1.54) is 6.07 Å². The van der Waals surface area contributed by atoms with E-state index in [0.29, 0.717) is 10.6 Å². The van der Waals surface area contributed by atoms with Gasteiger partial charge in [-0.25, -0.2) is 4.39 Å². The quantitative estimate of drug-likeness (QED) is 0.918. The van der Waals surface area contributed by atoms with Crippen molar-refractivity contribution in [2.75, 3.05) is 7.05 Å². The molecule has 18 heavy (non-hydrogen) atoms. The molecule has 1 aromatic carbocycles. The zero-order valence-electron chi connectivity index (χ0n) is 10.2. The molecular weight excluding hydrogens is 251 g/mol. The number of nitrogens with zero attached hydrogens (tertiary/aromatic N) is 1. The average Bonchev–Trinajstić information content (AvgIpc) is 2.35. The molecule has 2 aromatic rings. The van der Waals surface area contributed by atoms with Gasteiger partial charge in [-0.3, -0.25) is 4.98 Å². The Balaban J connectivity index is 2.48. The molecule has 0 radical (unpaired) electrons. The van der Waals surface area contributed by atoms with Crippen LogP contribution in [-0.2, 0) is 0 Å². The van der Waals surface area contributed by atoms with Gasteiger partial charge in [0, 0.05) is 22.5 Å². The van der Waals surface area contributed by atoms with Gasteiger partial charge in [-0.15, -0.1) is 0 Å². The van der Waals surface area contributed by atoms with Crippen molar-refractivity contribution in [3.63, 3.8) is 0 Å². The van der Waals surface area contributed by atoms with Crippen LogP contribution >= 0.6 is 11.6 Å². The third-order valence-electron chi connectivity index (χ3n) is 2.84. The second kappa shape index (κ2) is 5.46. The van der Waals surface area contributed by atoms with E-state index in [9.17, 15) is 4.39 Å². The van der Waals surface area contributed by atoms with Crippen LogP contribution in [0.5, 0.6) is 0 Å². The molecule has 0 bridgehead atoms. The van der Waals surface area contributed by atoms with E-state index < -0.39 is 0 Å². The monoisotopic (exact) mass is 264 g/mol. The highest BCUT2D eigenvalue weighted by Crippen LogP contribution is 2.30. The SMILES string of the molecule is CNC(c1ccc(C)nc1)c1c(F)cccc1Cl. The van der Waals surface area contributed by atoms with Gasteiger partial charge in [-0.1, -0.05) is 23.7 Å². The summed E-state index contributed by atoms with van der Waals surface area (Å²) in [6.07, 6.45) is 1.74. The largest absolute Gasteiger partial charge is 0.309 e. The van der Waals surface area contributed by atoms with Crippen LogP contribution in [0.1, 0.15) is 22.9 Å². The van der Waals surface area contributed by atoms with Gasteiger partial charge < -0.3 is 5.32 Å². The normalized spacial score (nSPS) is 12.4. The highest BCUT2D eigenvalue weighted by Gasteiger charge is 2.19. The lowest BCUT2D eigenvalue weighted by atomic mass is 9.99. The van der Waals surface area contributed by atoms with Crippen LogP contribution in [0.2, 0.25) is 5.02 Å². The van der Waals surface area contributed by atoms with Crippen molar-refractivity contribution in [2.45, 2.75) is 13.0 Å². The molecule has 2 nitrogen and oxygen atoms in total. The molecule has 1 heterocycles. The molecule has 0 aliphatic rings. The lowest BCUT2D eigenvalue weighted by molar-refractivity contribution is 0.575. The van der Waals surface area contributed by atoms with E-state index in [-0.39, 0.29) is 11.9 Å². The molecule has 1 atom stereocenters. The highest BCUT2D eigenvalue weighted by atomic mass is 35.5. The standard InChI is InChI=1S/C14H14ClFN2/c1-9-6-7-10(8-18-9)14(17-2)13-11(15)4-3-5-12(13)16/h3-8,14,17H,1-2H3. The number of rotatable bonds is 3. The zero-order chi connectivity index (χ0) is 13.1. The summed E-state index contributed by atoms with van der Waals surface area (Å²) in [5, 5.41) is 3.48. The average molecular weight is 265 g/mol. The highest BCUT2D eigenvalue weighted by molar-refractivity contribution is 6.31. The van der Waals surface area contributed by atoms with Crippen LogP contribution in [0, 0.1) is 12.7 Å². The minimum Gasteiger partial charge on any atom is -0.309 e. The number of pyridine rings is 1. The van der Waals surface area contributed by atoms with Crippen molar-refractivity contribution in [2.24, 2.45) is 0 Å². The second-order valence-electron chi connectivity index (χ2n) is 4.09. The van der Waals surface area contributed by atoms with Gasteiger partial charge in [0.25, 0.3) is 0 Å². The maximum absolute atomic E-state index is 13.9. The van der Waals surface area contributed by atoms with Crippen molar-refractivity contribution >= 4 is 11.6 Å². The van der Waals surface area contributed by atoms with E-state index in [1.54, 1.807) is 25.4 Å². The summed E-state index contributed by atoms with van der Waals surface area (Å²) in [6.45, 7) is 1.91. The number of hydrogen-bond donors (Lipinski definition) is 1. The van der Waals surface area contributed by atoms with E-state index in [2.05, 4.69) is 10.3 Å². The molecule has 4 heteroatoms. The van der Waals surface area contributed by atoms with Crippen LogP contribution in [0.3, 0.4) is 0 Å². The number of hydrogen-bond acceptors (Lipinski definition) is 2. The Bertz CT molecular complexity index is 520. The fourth-order valence-corrected chi connectivity index (χ4v) is 2.19. The van der Waals surface area contributed by atoms with Gasteiger partial charge in [0.2, 0.25) is 0 Å². The smallest absolute Gasteiger partial charge is 0.129 e. The maximum Gasteiger partial charge on any atom is 0.129 e. The first kappa shape index (κ1) is 13.0. The van der Waals surface area contributed by atoms with Crippen molar-refractivity contribution < 1.29 is 4.39 Å². The topological polar surface area (TPSA) is 24.9 Å². The molecule has 0 amide bonds. The molecule has 1 aromatic heterocycles. The Kier molecular flexibility index (Phi) is 3.94. The van der Waals surface area contributed by atoms with Crippen molar-refractivity contribution in [1.29, 1.82) is 0 Å². The van der Waals surface area contributed by atoms with Gasteiger partial charge in [0.05, 0.1) is 6.04 Å². The lowest BCUT2D eigenvalue weighted by Crippen LogP contribution is -2.19. The summed E-state index contributed by atoms with van der Waals surface area (Å²) in [5.41, 5.74) is 2.26. The van der Waals surface area contributed by atoms with Gasteiger partial charge in [0.15, 0.2) is 0 Å². The zero-order valence-corrected chi connectivity index (χ0v) is 11.0. The van der Waals surface area contributed by atoms with Gasteiger partial charge in [-0.2, -0.15) is 0 Å². The molecule has 0 spiro atoms. The summed E-state index contributed by atoms with van der Waals surface area (Å²) in [6, 6.07) is 8.22. The number of nitrogens with one attached hydrogen (secondary N) is 1. The minimum atomic E-state index is -0.317. The van der Waals surface area contributed by atoms with Crippen molar-refractivity contribution in [3.05, 3.63) is 64.2 Å². The first-order valence-corrected chi connectivity index (χ1v) is 6.05. The number of aryl methyl sites for hydroxylation is 1. The van der Waals surface area contributed by atoms with Crippen LogP contribution in [-0.4, -0.2) is 12.0 Å². The first-order valence-electron chi connectivity index (χ1n) is 5.67. The molecule has 0 saturated heterocycles. The molecule has 0 aliphatic carbocycles. The van der Waals surface area contributed by atoms with E-state index in [1.807, 2.05) is 19.1 Å². The number of benzene rings is 1. The molecule has 2 rings (SSSR count). The number of aromatic nitrogens is 1. The van der Waals surface area contributed by atoms with Crippen LogP contribution in [0.15, 0.2) is 36.5 Å². The van der Waals surface area contributed by atoms with Crippen LogP contribution in [0.25, 0.3) is 0 Å². The Morgan fingerprint density at radius 3 is 2.61 bits per heavy atom. The molecular formula is C14H14ClFN2. The molecule has 94 valence electrons. The molecule has 1 N–H and O–H groups in total. The Hall–Kier alpha value is -1.45. The van der Waals surface area contributed by atoms with E-state index in [0.717, 1.165) is 11.3 Å². The maximum atomic E-state index is 13.9. The molecule has 0 saturated carbocycles. The lowest BCUT2D eigenvalue weighted by Gasteiger charge is -2.19. The van der Waals surface area contributed by atoms with E-state index >= 15 is 0 Å². The summed E-state index contributed by atoms with van der Waals surface area (Å²) < 4.78 is 13.9. The third kappa shape index (κ3) is 2.52. The summed E-state index contributed by atoms with van der Waals surface area (Å²) >= 11 is 6.08. The summed E-state index contributed by atoms with van der Waals surface area (Å²) in [7, 11) is 1.77. The van der Waals surface area contributed by atoms with Crippen molar-refractivity contribution in [3.8, 4) is 0 Å². The van der Waals surface area contributed by atoms with Gasteiger partial charge in [-0.05, 0) is 37.7 Å². The fourth-order valence-electron chi connectivity index (χ4n) is 1.91. The van der Waals surface area contributed by atoms with Crippen LogP contribution in [0.4, 0.5) is 4.39 Å². The van der Waals surface area contributed by atoms with E-state index in [4.69, 9.17) is 11.6 Å². The number of halogens is 2. The molecule has 1 unspecified atom stereocenters. The van der Waals surface area contributed by atoms with Crippen molar-refractivity contribution in [1.82, 2.24) is 10.3 Å². The van der Waals surface area contributed by atoms with Gasteiger partial charge in [0.1, 0.15) is 5.82 Å². The predicted molar refractivity (Wildman–Crippen MR) is 71.3 cm³/mol. The summed E-state index contributed by atoms with van der Waals surface area (Å²) in [5.74, 6) is -0.317. The Morgan fingerprint density at radius 2 is 2.06 bits per heavy atom. The fraction of sp³-hybridized carbons (Fsp3) is 0.214. The predicted octanol–water partition coefficient (Wildman–Crippen LogP) is 3.49. The third-order valence-corrected chi connectivity index (χ3v) is 3.17. The first-order chi connectivity index (χ1) is 8.63.